The third-order valence-electron chi connectivity index (χ3n) is 4.21. The van der Waals surface area contributed by atoms with E-state index in [4.69, 9.17) is 4.74 Å². The summed E-state index contributed by atoms with van der Waals surface area (Å²) < 4.78 is 33.7. The first-order valence-electron chi connectivity index (χ1n) is 8.46. The van der Waals surface area contributed by atoms with E-state index in [2.05, 4.69) is 0 Å². The van der Waals surface area contributed by atoms with Crippen molar-refractivity contribution in [2.75, 3.05) is 19.7 Å². The lowest BCUT2D eigenvalue weighted by Gasteiger charge is -2.16. The first kappa shape index (κ1) is 17.7. The van der Waals surface area contributed by atoms with Crippen molar-refractivity contribution in [2.24, 2.45) is 0 Å². The van der Waals surface area contributed by atoms with Gasteiger partial charge in [-0.3, -0.25) is 4.79 Å². The highest BCUT2D eigenvalue weighted by Gasteiger charge is 2.27. The van der Waals surface area contributed by atoms with Crippen LogP contribution in [0.1, 0.15) is 19.3 Å². The van der Waals surface area contributed by atoms with Crippen molar-refractivity contribution < 1.29 is 13.2 Å². The summed E-state index contributed by atoms with van der Waals surface area (Å²) in [4.78, 5) is 12.2. The molecule has 1 saturated heterocycles. The summed E-state index contributed by atoms with van der Waals surface area (Å²) in [5.41, 5.74) is -0.208. The van der Waals surface area contributed by atoms with Crippen molar-refractivity contribution in [3.05, 3.63) is 59.0 Å². The van der Waals surface area contributed by atoms with Crippen LogP contribution in [0, 0.1) is 0 Å². The average molecular weight is 362 g/mol. The van der Waals surface area contributed by atoms with Crippen LogP contribution < -0.4 is 10.3 Å². The molecule has 6 nitrogen and oxygen atoms in total. The molecule has 0 radical (unpaired) electrons. The number of hydrogen-bond donors (Lipinski definition) is 0. The SMILES string of the molecule is O=c1ccc(S(=O)(=O)N2CCCC2)cn1CCCOc1ccccc1. The van der Waals surface area contributed by atoms with Gasteiger partial charge in [0.05, 0.1) is 11.5 Å². The molecule has 2 aromatic rings. The van der Waals surface area contributed by atoms with Gasteiger partial charge in [0.25, 0.3) is 5.56 Å². The van der Waals surface area contributed by atoms with Crippen molar-refractivity contribution in [1.82, 2.24) is 8.87 Å². The average Bonchev–Trinajstić information content (AvgIpc) is 3.16. The lowest BCUT2D eigenvalue weighted by molar-refractivity contribution is 0.300. The van der Waals surface area contributed by atoms with E-state index in [1.54, 1.807) is 0 Å². The summed E-state index contributed by atoms with van der Waals surface area (Å²) >= 11 is 0. The fraction of sp³-hybridized carbons (Fsp3) is 0.389. The standard InChI is InChI=1S/C18H22N2O4S/c21-18-10-9-17(25(22,23)20-12-4-5-13-20)15-19(18)11-6-14-24-16-7-2-1-3-8-16/h1-3,7-10,15H,4-6,11-14H2. The Hall–Kier alpha value is -2.12. The molecule has 0 atom stereocenters. The van der Waals surface area contributed by atoms with E-state index in [0.717, 1.165) is 18.6 Å². The zero-order valence-corrected chi connectivity index (χ0v) is 14.8. The highest BCUT2D eigenvalue weighted by molar-refractivity contribution is 7.89. The molecule has 1 aromatic carbocycles. The van der Waals surface area contributed by atoms with Crippen LogP contribution in [0.4, 0.5) is 0 Å². The second kappa shape index (κ2) is 7.84. The second-order valence-electron chi connectivity index (χ2n) is 6.02. The molecule has 25 heavy (non-hydrogen) atoms. The Morgan fingerprint density at radius 1 is 1.00 bits per heavy atom. The summed E-state index contributed by atoms with van der Waals surface area (Å²) in [5.74, 6) is 0.778. The number of para-hydroxylation sites is 1. The maximum atomic E-state index is 12.6. The first-order valence-corrected chi connectivity index (χ1v) is 9.90. The molecular formula is C18H22N2O4S. The van der Waals surface area contributed by atoms with Crippen molar-refractivity contribution in [2.45, 2.75) is 30.7 Å². The topological polar surface area (TPSA) is 68.6 Å². The Labute approximate surface area is 147 Å². The Balaban J connectivity index is 1.64. The number of aromatic nitrogens is 1. The van der Waals surface area contributed by atoms with E-state index < -0.39 is 10.0 Å². The lowest BCUT2D eigenvalue weighted by atomic mass is 10.3. The van der Waals surface area contributed by atoms with E-state index in [-0.39, 0.29) is 10.5 Å². The van der Waals surface area contributed by atoms with Gasteiger partial charge in [-0.25, -0.2) is 8.42 Å². The molecule has 0 unspecified atom stereocenters. The van der Waals surface area contributed by atoms with Crippen molar-refractivity contribution in [1.29, 1.82) is 0 Å². The number of pyridine rings is 1. The minimum absolute atomic E-state index is 0.179. The van der Waals surface area contributed by atoms with Crippen LogP contribution in [0.3, 0.4) is 0 Å². The Kier molecular flexibility index (Phi) is 5.55. The zero-order valence-electron chi connectivity index (χ0n) is 14.0. The molecule has 134 valence electrons. The molecule has 7 heteroatoms. The molecule has 1 aromatic heterocycles. The van der Waals surface area contributed by atoms with Crippen molar-refractivity contribution in [3.63, 3.8) is 0 Å². The summed E-state index contributed by atoms with van der Waals surface area (Å²) in [6.07, 6.45) is 3.83. The predicted octanol–water partition coefficient (Wildman–Crippen LogP) is 2.10. The quantitative estimate of drug-likeness (QED) is 0.708. The number of nitrogens with zero attached hydrogens (tertiary/aromatic N) is 2. The van der Waals surface area contributed by atoms with Gasteiger partial charge in [0.15, 0.2) is 0 Å². The van der Waals surface area contributed by atoms with Gasteiger partial charge in [0.1, 0.15) is 5.75 Å². The number of ether oxygens (including phenoxy) is 1. The van der Waals surface area contributed by atoms with Crippen LogP contribution >= 0.6 is 0 Å². The maximum Gasteiger partial charge on any atom is 0.250 e. The molecule has 1 aliphatic heterocycles. The van der Waals surface area contributed by atoms with Crippen LogP contribution in [-0.4, -0.2) is 37.0 Å². The van der Waals surface area contributed by atoms with Crippen LogP contribution in [0.15, 0.2) is 58.4 Å². The number of sulfonamides is 1. The number of hydrogen-bond acceptors (Lipinski definition) is 4. The molecule has 3 rings (SSSR count). The monoisotopic (exact) mass is 362 g/mol. The Bertz CT molecular complexity index is 856. The van der Waals surface area contributed by atoms with Crippen LogP contribution in [-0.2, 0) is 16.6 Å². The highest BCUT2D eigenvalue weighted by Crippen LogP contribution is 2.19. The van der Waals surface area contributed by atoms with Crippen LogP contribution in [0.25, 0.3) is 0 Å². The van der Waals surface area contributed by atoms with Gasteiger partial charge >= 0.3 is 0 Å². The van der Waals surface area contributed by atoms with E-state index in [1.165, 1.54) is 27.2 Å². The summed E-state index contributed by atoms with van der Waals surface area (Å²) in [6.45, 7) is 1.97. The van der Waals surface area contributed by atoms with Crippen LogP contribution in [0.2, 0.25) is 0 Å². The lowest BCUT2D eigenvalue weighted by Crippen LogP contribution is -2.29. The van der Waals surface area contributed by atoms with E-state index >= 15 is 0 Å². The summed E-state index contributed by atoms with van der Waals surface area (Å²) in [7, 11) is -3.51. The first-order chi connectivity index (χ1) is 12.1. The Morgan fingerprint density at radius 2 is 1.72 bits per heavy atom. The van der Waals surface area contributed by atoms with E-state index in [1.807, 2.05) is 30.3 Å². The molecule has 2 heterocycles. The normalized spacial score (nSPS) is 15.4. The summed E-state index contributed by atoms with van der Waals surface area (Å²) in [5, 5.41) is 0. The van der Waals surface area contributed by atoms with Crippen molar-refractivity contribution in [3.8, 4) is 5.75 Å². The van der Waals surface area contributed by atoms with Gasteiger partial charge in [0.2, 0.25) is 10.0 Å². The number of benzene rings is 1. The predicted molar refractivity (Wildman–Crippen MR) is 95.2 cm³/mol. The van der Waals surface area contributed by atoms with E-state index in [9.17, 15) is 13.2 Å². The Morgan fingerprint density at radius 3 is 2.44 bits per heavy atom. The number of aryl methyl sites for hydroxylation is 1. The summed E-state index contributed by atoms with van der Waals surface area (Å²) in [6, 6.07) is 12.2. The molecule has 0 saturated carbocycles. The van der Waals surface area contributed by atoms with Gasteiger partial charge in [0, 0.05) is 31.9 Å². The molecule has 0 amide bonds. The number of rotatable bonds is 7. The fourth-order valence-corrected chi connectivity index (χ4v) is 4.39. The second-order valence-corrected chi connectivity index (χ2v) is 7.96. The van der Waals surface area contributed by atoms with Crippen LogP contribution in [0.5, 0.6) is 5.75 Å². The largest absolute Gasteiger partial charge is 0.494 e. The third-order valence-corrected chi connectivity index (χ3v) is 6.10. The van der Waals surface area contributed by atoms with Gasteiger partial charge in [-0.1, -0.05) is 18.2 Å². The molecule has 0 bridgehead atoms. The smallest absolute Gasteiger partial charge is 0.250 e. The molecule has 0 aliphatic carbocycles. The molecular weight excluding hydrogens is 340 g/mol. The maximum absolute atomic E-state index is 12.6. The van der Waals surface area contributed by atoms with E-state index in [0.29, 0.717) is 32.7 Å². The van der Waals surface area contributed by atoms with Crippen molar-refractivity contribution >= 4 is 10.0 Å². The molecule has 0 N–H and O–H groups in total. The zero-order chi connectivity index (χ0) is 17.7. The van der Waals surface area contributed by atoms with Gasteiger partial charge in [-0.2, -0.15) is 4.31 Å². The highest BCUT2D eigenvalue weighted by atomic mass is 32.2. The molecule has 0 spiro atoms. The van der Waals surface area contributed by atoms with Gasteiger partial charge in [-0.15, -0.1) is 0 Å². The minimum Gasteiger partial charge on any atom is -0.494 e. The van der Waals surface area contributed by atoms with Gasteiger partial charge < -0.3 is 9.30 Å². The molecule has 1 fully saturated rings. The molecule has 1 aliphatic rings. The fourth-order valence-electron chi connectivity index (χ4n) is 2.86. The minimum atomic E-state index is -3.51. The van der Waals surface area contributed by atoms with Gasteiger partial charge in [-0.05, 0) is 37.5 Å². The third kappa shape index (κ3) is 4.29.